The molecule has 5 N–H and O–H groups in total. The number of fused-ring (bicyclic) bond motifs is 1. The molecule has 4 rings (SSSR count). The molecule has 3 atom stereocenters. The van der Waals surface area contributed by atoms with Gasteiger partial charge in [-0.15, -0.1) is 0 Å². The molecule has 0 saturated heterocycles. The third-order valence-electron chi connectivity index (χ3n) is 6.37. The summed E-state index contributed by atoms with van der Waals surface area (Å²) in [6, 6.07) is 2.24. The maximum absolute atomic E-state index is 13.8. The first-order valence-corrected chi connectivity index (χ1v) is 12.9. The minimum Gasteiger partial charge on any atom is -0.393 e. The number of hydrogen-bond donors (Lipinski definition) is 4. The number of aliphatic hydroxyl groups excluding tert-OH is 1. The maximum Gasteiger partial charge on any atom is 0.224 e. The van der Waals surface area contributed by atoms with Gasteiger partial charge in [0.1, 0.15) is 11.3 Å². The number of primary amides is 1. The third kappa shape index (κ3) is 6.16. The van der Waals surface area contributed by atoms with Crippen molar-refractivity contribution < 1.29 is 14.3 Å². The lowest BCUT2D eigenvalue weighted by Crippen LogP contribution is -2.30. The van der Waals surface area contributed by atoms with Crippen molar-refractivity contribution in [1.29, 1.82) is 0 Å². The molecule has 12 heteroatoms. The van der Waals surface area contributed by atoms with Gasteiger partial charge < -0.3 is 21.5 Å². The lowest BCUT2D eigenvalue weighted by molar-refractivity contribution is -0.118. The van der Waals surface area contributed by atoms with Crippen molar-refractivity contribution in [2.45, 2.75) is 76.5 Å². The molecule has 1 aliphatic carbocycles. The Morgan fingerprint density at radius 3 is 2.69 bits per heavy atom. The van der Waals surface area contributed by atoms with Crippen LogP contribution in [-0.4, -0.2) is 42.7 Å². The Balaban J connectivity index is 1.77. The molecule has 0 radical (unpaired) electrons. The minimum atomic E-state index is -0.552. The molecule has 2 aromatic heterocycles. The Labute approximate surface area is 218 Å². The van der Waals surface area contributed by atoms with E-state index in [9.17, 15) is 14.3 Å². The van der Waals surface area contributed by atoms with Gasteiger partial charge in [-0.1, -0.05) is 36.5 Å². The molecule has 36 heavy (non-hydrogen) atoms. The van der Waals surface area contributed by atoms with E-state index in [0.717, 1.165) is 32.1 Å². The molecule has 1 fully saturated rings. The fourth-order valence-corrected chi connectivity index (χ4v) is 5.25. The number of anilines is 3. The second-order valence-electron chi connectivity index (χ2n) is 9.19. The molecule has 1 aliphatic rings. The molecule has 194 valence electrons. The molecule has 0 bridgehead atoms. The summed E-state index contributed by atoms with van der Waals surface area (Å²) in [6.45, 7) is 2.05. The highest BCUT2D eigenvalue weighted by molar-refractivity contribution is 6.39. The number of halogens is 3. The van der Waals surface area contributed by atoms with Crippen LogP contribution in [0, 0.1) is 5.82 Å². The summed E-state index contributed by atoms with van der Waals surface area (Å²) in [5.41, 5.74) is 6.85. The zero-order chi connectivity index (χ0) is 25.8. The Bertz CT molecular complexity index is 1220. The van der Waals surface area contributed by atoms with Crippen LogP contribution in [0.25, 0.3) is 11.2 Å². The van der Waals surface area contributed by atoms with Crippen LogP contribution in [-0.2, 0) is 4.79 Å². The molecule has 9 nitrogen and oxygen atoms in total. The number of aliphatic hydroxyl groups is 1. The standard InChI is InChI=1S/C24H30Cl2FN7O2/c1-2-4-15(7-8-20(28)36)34-22-19(12-29-23(33-22)30-14-5-3-6-16(35)11-14)31-24(34)32-21-17(25)9-13(27)10-18(21)26/h9-10,12,14-16,35H,2-8,11H2,1H3,(H2,28,36)(H,31,32)(H,29,30,33)/t14-,15+,16+/m1/s1. The molecule has 3 aromatic rings. The summed E-state index contributed by atoms with van der Waals surface area (Å²) in [4.78, 5) is 25.5. The highest BCUT2D eigenvalue weighted by atomic mass is 35.5. The smallest absolute Gasteiger partial charge is 0.224 e. The fourth-order valence-electron chi connectivity index (χ4n) is 4.69. The van der Waals surface area contributed by atoms with Gasteiger partial charge in [-0.2, -0.15) is 4.98 Å². The highest BCUT2D eigenvalue weighted by Gasteiger charge is 2.25. The minimum absolute atomic E-state index is 0.0679. The molecular formula is C24H30Cl2FN7O2. The van der Waals surface area contributed by atoms with E-state index < -0.39 is 11.7 Å². The van der Waals surface area contributed by atoms with E-state index >= 15 is 0 Å². The summed E-state index contributed by atoms with van der Waals surface area (Å²) in [7, 11) is 0. The van der Waals surface area contributed by atoms with Crippen LogP contribution in [0.15, 0.2) is 18.3 Å². The largest absolute Gasteiger partial charge is 0.393 e. The van der Waals surface area contributed by atoms with Crippen LogP contribution in [0.4, 0.5) is 22.0 Å². The van der Waals surface area contributed by atoms with Gasteiger partial charge in [0.25, 0.3) is 0 Å². The van der Waals surface area contributed by atoms with Crippen molar-refractivity contribution in [2.24, 2.45) is 5.73 Å². The maximum atomic E-state index is 13.8. The first kappa shape index (κ1) is 26.4. The number of rotatable bonds is 10. The molecule has 0 spiro atoms. The van der Waals surface area contributed by atoms with Crippen molar-refractivity contribution in [3.05, 3.63) is 34.2 Å². The molecule has 1 amide bonds. The summed E-state index contributed by atoms with van der Waals surface area (Å²) >= 11 is 12.6. The van der Waals surface area contributed by atoms with Crippen LogP contribution >= 0.6 is 23.2 Å². The van der Waals surface area contributed by atoms with Gasteiger partial charge in [-0.3, -0.25) is 9.36 Å². The number of carbonyl (C=O) groups is 1. The monoisotopic (exact) mass is 537 g/mol. The molecule has 1 saturated carbocycles. The van der Waals surface area contributed by atoms with Gasteiger partial charge >= 0.3 is 0 Å². The first-order chi connectivity index (χ1) is 17.2. The van der Waals surface area contributed by atoms with E-state index in [-0.39, 0.29) is 34.7 Å². The molecule has 0 aliphatic heterocycles. The van der Waals surface area contributed by atoms with Crippen LogP contribution in [0.3, 0.4) is 0 Å². The normalized spacial score (nSPS) is 18.8. The van der Waals surface area contributed by atoms with Crippen molar-refractivity contribution in [2.75, 3.05) is 10.6 Å². The van der Waals surface area contributed by atoms with E-state index in [0.29, 0.717) is 41.6 Å². The first-order valence-electron chi connectivity index (χ1n) is 12.1. The number of hydrogen-bond acceptors (Lipinski definition) is 7. The van der Waals surface area contributed by atoms with Gasteiger partial charge in [0, 0.05) is 18.5 Å². The third-order valence-corrected chi connectivity index (χ3v) is 6.96. The van der Waals surface area contributed by atoms with Gasteiger partial charge in [0.2, 0.25) is 17.8 Å². The molecule has 2 heterocycles. The molecular weight excluding hydrogens is 508 g/mol. The summed E-state index contributed by atoms with van der Waals surface area (Å²) in [5.74, 6) is -0.128. The Morgan fingerprint density at radius 1 is 1.28 bits per heavy atom. The second kappa shape index (κ2) is 11.6. The van der Waals surface area contributed by atoms with Gasteiger partial charge in [0.15, 0.2) is 5.65 Å². The topological polar surface area (TPSA) is 131 Å². The van der Waals surface area contributed by atoms with Crippen molar-refractivity contribution in [3.63, 3.8) is 0 Å². The lowest BCUT2D eigenvalue weighted by atomic mass is 9.93. The zero-order valence-corrected chi connectivity index (χ0v) is 21.5. The van der Waals surface area contributed by atoms with E-state index in [1.54, 1.807) is 6.20 Å². The van der Waals surface area contributed by atoms with Gasteiger partial charge in [-0.05, 0) is 50.7 Å². The number of aromatic nitrogens is 4. The summed E-state index contributed by atoms with van der Waals surface area (Å²) in [5, 5.41) is 16.7. The molecule has 1 aromatic carbocycles. The quantitative estimate of drug-likeness (QED) is 0.274. The Kier molecular flexibility index (Phi) is 8.48. The number of nitrogens with two attached hydrogens (primary N) is 1. The number of imidazole rings is 1. The van der Waals surface area contributed by atoms with Crippen LogP contribution < -0.4 is 16.4 Å². The van der Waals surface area contributed by atoms with E-state index in [4.69, 9.17) is 33.9 Å². The van der Waals surface area contributed by atoms with Crippen molar-refractivity contribution in [3.8, 4) is 0 Å². The second-order valence-corrected chi connectivity index (χ2v) is 10.0. The average Bonchev–Trinajstić information content (AvgIpc) is 3.16. The fraction of sp³-hybridized carbons (Fsp3) is 0.500. The lowest BCUT2D eigenvalue weighted by Gasteiger charge is -2.26. The van der Waals surface area contributed by atoms with Gasteiger partial charge in [0.05, 0.1) is 28.0 Å². The predicted molar refractivity (Wildman–Crippen MR) is 139 cm³/mol. The average molecular weight is 538 g/mol. The van der Waals surface area contributed by atoms with Crippen molar-refractivity contribution >= 4 is 57.9 Å². The van der Waals surface area contributed by atoms with Gasteiger partial charge in [-0.25, -0.2) is 14.4 Å². The molecule has 0 unspecified atom stereocenters. The van der Waals surface area contributed by atoms with E-state index in [1.165, 1.54) is 12.1 Å². The Hall–Kier alpha value is -2.69. The number of nitrogens with zero attached hydrogens (tertiary/aromatic N) is 4. The summed E-state index contributed by atoms with van der Waals surface area (Å²) in [6.07, 6.45) is 6.82. The van der Waals surface area contributed by atoms with Crippen LogP contribution in [0.1, 0.15) is 64.3 Å². The number of benzene rings is 1. The van der Waals surface area contributed by atoms with Crippen LogP contribution in [0.5, 0.6) is 0 Å². The van der Waals surface area contributed by atoms with E-state index in [1.807, 2.05) is 11.5 Å². The SMILES string of the molecule is CCC[C@@H](CCC(N)=O)n1c(Nc2c(Cl)cc(F)cc2Cl)nc2cnc(N[C@@H]3CCC[C@H](O)C3)nc21. The van der Waals surface area contributed by atoms with Crippen LogP contribution in [0.2, 0.25) is 10.0 Å². The number of carbonyl (C=O) groups excluding carboxylic acids is 1. The number of nitrogens with one attached hydrogen (secondary N) is 2. The predicted octanol–water partition coefficient (Wildman–Crippen LogP) is 5.34. The summed E-state index contributed by atoms with van der Waals surface area (Å²) < 4.78 is 15.7. The number of amides is 1. The zero-order valence-electron chi connectivity index (χ0n) is 20.0. The highest BCUT2D eigenvalue weighted by Crippen LogP contribution is 2.37. The van der Waals surface area contributed by atoms with Crippen molar-refractivity contribution in [1.82, 2.24) is 19.5 Å². The van der Waals surface area contributed by atoms with E-state index in [2.05, 4.69) is 20.6 Å². The Morgan fingerprint density at radius 2 is 2.03 bits per heavy atom.